The van der Waals surface area contributed by atoms with Gasteiger partial charge in [0.1, 0.15) is 0 Å². The molecule has 0 spiro atoms. The van der Waals surface area contributed by atoms with E-state index in [2.05, 4.69) is 0 Å². The predicted molar refractivity (Wildman–Crippen MR) is 96.7 cm³/mol. The molecule has 148 valence electrons. The Morgan fingerprint density at radius 3 is 1.46 bits per heavy atom. The van der Waals surface area contributed by atoms with Gasteiger partial charge in [-0.25, -0.2) is 0 Å². The summed E-state index contributed by atoms with van der Waals surface area (Å²) in [6, 6.07) is 0. The molecule has 5 aliphatic rings. The topological polar surface area (TPSA) is 86.7 Å². The fraction of sp³-hybridized carbons (Fsp3) is 0.636. The van der Waals surface area contributed by atoms with E-state index < -0.39 is 23.8 Å². The maximum atomic E-state index is 12.9. The molecule has 5 aliphatic carbocycles. The largest absolute Gasteiger partial charge is 0.469 e. The highest BCUT2D eigenvalue weighted by atomic mass is 16.5. The van der Waals surface area contributed by atoms with E-state index in [0.717, 1.165) is 48.0 Å². The van der Waals surface area contributed by atoms with Crippen LogP contribution in [0.1, 0.15) is 38.5 Å². The number of carbonyl (C=O) groups excluding carboxylic acids is 4. The summed E-state index contributed by atoms with van der Waals surface area (Å²) in [7, 11) is 2.64. The van der Waals surface area contributed by atoms with Crippen molar-refractivity contribution in [1.29, 1.82) is 0 Å². The van der Waals surface area contributed by atoms with Gasteiger partial charge in [-0.2, -0.15) is 0 Å². The van der Waals surface area contributed by atoms with Crippen LogP contribution in [0.4, 0.5) is 0 Å². The first-order valence-corrected chi connectivity index (χ1v) is 10.1. The van der Waals surface area contributed by atoms with Gasteiger partial charge < -0.3 is 9.47 Å². The Labute approximate surface area is 163 Å². The number of fused-ring (bicyclic) bond motifs is 5. The van der Waals surface area contributed by atoms with Gasteiger partial charge >= 0.3 is 11.9 Å². The van der Waals surface area contributed by atoms with Gasteiger partial charge in [-0.3, -0.25) is 19.2 Å². The van der Waals surface area contributed by atoms with Crippen LogP contribution in [0.15, 0.2) is 22.3 Å². The predicted octanol–water partition coefficient (Wildman–Crippen LogP) is 2.17. The Morgan fingerprint density at radius 1 is 0.714 bits per heavy atom. The second-order valence-electron chi connectivity index (χ2n) is 8.77. The second kappa shape index (κ2) is 6.13. The Hall–Kier alpha value is -2.24. The molecule has 0 aliphatic heterocycles. The quantitative estimate of drug-likeness (QED) is 0.678. The van der Waals surface area contributed by atoms with Gasteiger partial charge in [-0.15, -0.1) is 0 Å². The van der Waals surface area contributed by atoms with Crippen LogP contribution in [0.25, 0.3) is 0 Å². The number of ether oxygens (including phenoxy) is 2. The molecule has 0 bridgehead atoms. The average Bonchev–Trinajstić information content (AvgIpc) is 3.42. The highest BCUT2D eigenvalue weighted by molar-refractivity contribution is 6.03. The molecule has 0 radical (unpaired) electrons. The number of allylic oxidation sites excluding steroid dienone is 4. The summed E-state index contributed by atoms with van der Waals surface area (Å²) in [6.45, 7) is 0. The maximum Gasteiger partial charge on any atom is 0.310 e. The zero-order chi connectivity index (χ0) is 19.7. The highest BCUT2D eigenvalue weighted by Crippen LogP contribution is 2.64. The monoisotopic (exact) mass is 384 g/mol. The van der Waals surface area contributed by atoms with Crippen LogP contribution < -0.4 is 0 Å². The average molecular weight is 384 g/mol. The summed E-state index contributed by atoms with van der Waals surface area (Å²) in [5.74, 6) is -2.63. The second-order valence-corrected chi connectivity index (χ2v) is 8.77. The summed E-state index contributed by atoms with van der Waals surface area (Å²) >= 11 is 0. The van der Waals surface area contributed by atoms with E-state index in [-0.39, 0.29) is 35.2 Å². The number of methoxy groups -OCH3 is 2. The summed E-state index contributed by atoms with van der Waals surface area (Å²) in [5.41, 5.74) is 3.84. The van der Waals surface area contributed by atoms with Gasteiger partial charge in [0.25, 0.3) is 0 Å². The minimum absolute atomic E-state index is 0.105. The standard InChI is InChI=1S/C22H24O6/c1-27-21(25)19-17-11(7-9-3-5-13(23)15(9)17)12-8-10-4-6-14(24)16(10)18(12)20(19)22(26)28-2/h11-12,17-20H,3-8H2,1-2H3/t11-,12-,17-,18+,19+,20-/m1/s1. The molecule has 0 N–H and O–H groups in total. The maximum absolute atomic E-state index is 12.9. The molecular weight excluding hydrogens is 360 g/mol. The smallest absolute Gasteiger partial charge is 0.310 e. The van der Waals surface area contributed by atoms with Crippen molar-refractivity contribution in [3.63, 3.8) is 0 Å². The van der Waals surface area contributed by atoms with Crippen molar-refractivity contribution in [2.24, 2.45) is 35.5 Å². The van der Waals surface area contributed by atoms with Gasteiger partial charge in [0, 0.05) is 24.7 Å². The number of hydrogen-bond acceptors (Lipinski definition) is 6. The van der Waals surface area contributed by atoms with Crippen LogP contribution in [0.5, 0.6) is 0 Å². The first kappa shape index (κ1) is 17.8. The van der Waals surface area contributed by atoms with E-state index >= 15 is 0 Å². The molecule has 0 aromatic heterocycles. The van der Waals surface area contributed by atoms with Crippen molar-refractivity contribution < 1.29 is 28.7 Å². The normalized spacial score (nSPS) is 38.4. The minimum Gasteiger partial charge on any atom is -0.469 e. The first-order chi connectivity index (χ1) is 13.5. The number of Topliss-reactive ketones (excluding diaryl/α,β-unsaturated/α-hetero) is 2. The van der Waals surface area contributed by atoms with Crippen LogP contribution in [-0.4, -0.2) is 37.7 Å². The molecule has 6 nitrogen and oxygen atoms in total. The van der Waals surface area contributed by atoms with E-state index in [1.165, 1.54) is 14.2 Å². The third-order valence-electron chi connectivity index (χ3n) is 7.88. The fourth-order valence-corrected chi connectivity index (χ4v) is 7.01. The third kappa shape index (κ3) is 2.14. The molecule has 1 saturated carbocycles. The number of carbonyl (C=O) groups is 4. The fourth-order valence-electron chi connectivity index (χ4n) is 7.01. The van der Waals surface area contributed by atoms with E-state index in [1.54, 1.807) is 0 Å². The lowest BCUT2D eigenvalue weighted by Gasteiger charge is -2.46. The number of esters is 2. The molecule has 0 aromatic rings. The van der Waals surface area contributed by atoms with Crippen LogP contribution in [-0.2, 0) is 28.7 Å². The summed E-state index contributed by atoms with van der Waals surface area (Å²) in [6.07, 6.45) is 4.08. The van der Waals surface area contributed by atoms with E-state index in [0.29, 0.717) is 12.8 Å². The molecule has 1 fully saturated rings. The zero-order valence-corrected chi connectivity index (χ0v) is 16.2. The van der Waals surface area contributed by atoms with Crippen LogP contribution in [0, 0.1) is 35.5 Å². The first-order valence-electron chi connectivity index (χ1n) is 10.1. The van der Waals surface area contributed by atoms with Crippen molar-refractivity contribution in [2.75, 3.05) is 14.2 Å². The molecule has 6 atom stereocenters. The van der Waals surface area contributed by atoms with Gasteiger partial charge in [0.2, 0.25) is 0 Å². The molecule has 0 amide bonds. The Balaban J connectivity index is 1.67. The molecule has 0 saturated heterocycles. The van der Waals surface area contributed by atoms with Gasteiger partial charge in [-0.05, 0) is 48.7 Å². The molecular formula is C22H24O6. The summed E-state index contributed by atoms with van der Waals surface area (Å²) in [5, 5.41) is 0. The summed E-state index contributed by atoms with van der Waals surface area (Å²) in [4.78, 5) is 51.2. The van der Waals surface area contributed by atoms with Gasteiger partial charge in [0.05, 0.1) is 26.1 Å². The SMILES string of the molecule is COC(=O)[C@@H]1[C@H](C(=O)OC)[C@@H]2C3=C(CCC3=O)C[C@@H]2[C@H]2CC3=C(C(=O)CC3)[C@@H]21. The molecule has 0 heterocycles. The third-order valence-corrected chi connectivity index (χ3v) is 7.88. The molecule has 6 heteroatoms. The van der Waals surface area contributed by atoms with E-state index in [4.69, 9.17) is 9.47 Å². The summed E-state index contributed by atoms with van der Waals surface area (Å²) < 4.78 is 10.2. The Bertz CT molecular complexity index is 805. The molecule has 28 heavy (non-hydrogen) atoms. The van der Waals surface area contributed by atoms with Crippen LogP contribution >= 0.6 is 0 Å². The zero-order valence-electron chi connectivity index (χ0n) is 16.2. The van der Waals surface area contributed by atoms with Crippen molar-refractivity contribution in [2.45, 2.75) is 38.5 Å². The van der Waals surface area contributed by atoms with Crippen LogP contribution in [0.3, 0.4) is 0 Å². The molecule has 0 unspecified atom stereocenters. The highest BCUT2D eigenvalue weighted by Gasteiger charge is 2.64. The van der Waals surface area contributed by atoms with E-state index in [1.807, 2.05) is 0 Å². The van der Waals surface area contributed by atoms with E-state index in [9.17, 15) is 19.2 Å². The minimum atomic E-state index is -0.765. The van der Waals surface area contributed by atoms with Crippen LogP contribution in [0.2, 0.25) is 0 Å². The molecule has 0 aromatic carbocycles. The lowest BCUT2D eigenvalue weighted by Crippen LogP contribution is -2.52. The van der Waals surface area contributed by atoms with Crippen molar-refractivity contribution in [1.82, 2.24) is 0 Å². The number of rotatable bonds is 2. The number of hydrogen-bond donors (Lipinski definition) is 0. The lowest BCUT2D eigenvalue weighted by atomic mass is 9.55. The van der Waals surface area contributed by atoms with Gasteiger partial charge in [-0.1, -0.05) is 11.1 Å². The van der Waals surface area contributed by atoms with Crippen molar-refractivity contribution in [3.05, 3.63) is 22.3 Å². The van der Waals surface area contributed by atoms with Crippen molar-refractivity contribution >= 4 is 23.5 Å². The number of ketones is 2. The van der Waals surface area contributed by atoms with Crippen molar-refractivity contribution in [3.8, 4) is 0 Å². The Morgan fingerprint density at radius 2 is 1.11 bits per heavy atom. The molecule has 5 rings (SSSR count). The Kier molecular flexibility index (Phi) is 3.90. The lowest BCUT2D eigenvalue weighted by molar-refractivity contribution is -0.168. The van der Waals surface area contributed by atoms with Gasteiger partial charge in [0.15, 0.2) is 11.6 Å².